The molecule has 27 heavy (non-hydrogen) atoms. The Balaban J connectivity index is 1.29. The molecule has 3 atom stereocenters. The zero-order valence-corrected chi connectivity index (χ0v) is 14.9. The summed E-state index contributed by atoms with van der Waals surface area (Å²) in [6.45, 7) is 1.29. The Bertz CT molecular complexity index is 867. The van der Waals surface area contributed by atoms with Crippen LogP contribution in [-0.2, 0) is 9.53 Å². The lowest BCUT2D eigenvalue weighted by Gasteiger charge is -2.51. The van der Waals surface area contributed by atoms with Crippen LogP contribution in [-0.4, -0.2) is 41.8 Å². The third-order valence-electron chi connectivity index (χ3n) is 6.41. The van der Waals surface area contributed by atoms with E-state index < -0.39 is 5.97 Å². The van der Waals surface area contributed by atoms with Crippen LogP contribution < -0.4 is 0 Å². The SMILES string of the molecule is O=C(O)C1[C@@H]2C[C@H]1CN(C(=O)OCC1c3ccccc3-c3ccccc31)C2. The van der Waals surface area contributed by atoms with Crippen LogP contribution in [0.15, 0.2) is 48.5 Å². The predicted molar refractivity (Wildman–Crippen MR) is 99.4 cm³/mol. The van der Waals surface area contributed by atoms with Crippen LogP contribution in [0, 0.1) is 17.8 Å². The van der Waals surface area contributed by atoms with Gasteiger partial charge in [0.25, 0.3) is 0 Å². The average Bonchev–Trinajstić information content (AvgIpc) is 2.99. The van der Waals surface area contributed by atoms with Crippen molar-refractivity contribution in [1.82, 2.24) is 4.90 Å². The number of aliphatic carboxylic acids is 1. The fourth-order valence-electron chi connectivity index (χ4n) is 5.13. The van der Waals surface area contributed by atoms with Crippen LogP contribution in [0.25, 0.3) is 11.1 Å². The minimum Gasteiger partial charge on any atom is -0.481 e. The molecule has 0 radical (unpaired) electrons. The van der Waals surface area contributed by atoms with Crippen molar-refractivity contribution >= 4 is 12.1 Å². The van der Waals surface area contributed by atoms with Gasteiger partial charge in [-0.05, 0) is 40.5 Å². The number of hydrogen-bond acceptors (Lipinski definition) is 3. The van der Waals surface area contributed by atoms with E-state index in [-0.39, 0.29) is 29.8 Å². The Morgan fingerprint density at radius 3 is 2.07 bits per heavy atom. The number of carbonyl (C=O) groups is 2. The van der Waals surface area contributed by atoms with Gasteiger partial charge in [0, 0.05) is 19.0 Å². The van der Waals surface area contributed by atoms with Crippen molar-refractivity contribution in [3.8, 4) is 11.1 Å². The number of carboxylic acid groups (broad SMARTS) is 1. The number of nitrogens with zero attached hydrogens (tertiary/aromatic N) is 1. The quantitative estimate of drug-likeness (QED) is 0.905. The summed E-state index contributed by atoms with van der Waals surface area (Å²) in [4.78, 5) is 25.5. The third-order valence-corrected chi connectivity index (χ3v) is 6.41. The molecule has 2 saturated heterocycles. The Labute approximate surface area is 157 Å². The highest BCUT2D eigenvalue weighted by Gasteiger charge is 2.51. The molecule has 1 unspecified atom stereocenters. The van der Waals surface area contributed by atoms with Crippen molar-refractivity contribution in [3.63, 3.8) is 0 Å². The molecular formula is C22H21NO4. The van der Waals surface area contributed by atoms with E-state index in [2.05, 4.69) is 24.3 Å². The van der Waals surface area contributed by atoms with Gasteiger partial charge in [0.15, 0.2) is 0 Å². The second-order valence-electron chi connectivity index (χ2n) is 7.83. The lowest BCUT2D eigenvalue weighted by molar-refractivity contribution is -0.158. The van der Waals surface area contributed by atoms with E-state index >= 15 is 0 Å². The maximum Gasteiger partial charge on any atom is 0.409 e. The topological polar surface area (TPSA) is 66.8 Å². The molecule has 2 aromatic rings. The minimum atomic E-state index is -0.733. The first-order valence-corrected chi connectivity index (χ1v) is 9.46. The number of hydrogen-bond donors (Lipinski definition) is 1. The molecule has 5 nitrogen and oxygen atoms in total. The number of fused-ring (bicyclic) bond motifs is 5. The summed E-state index contributed by atoms with van der Waals surface area (Å²) in [6.07, 6.45) is 0.583. The molecule has 1 N–H and O–H groups in total. The molecule has 2 aliphatic carbocycles. The predicted octanol–water partition coefficient (Wildman–Crippen LogP) is 3.59. The van der Waals surface area contributed by atoms with Gasteiger partial charge in [-0.15, -0.1) is 0 Å². The van der Waals surface area contributed by atoms with E-state index in [0.717, 1.165) is 6.42 Å². The van der Waals surface area contributed by atoms with Crippen molar-refractivity contribution in [2.75, 3.05) is 19.7 Å². The summed E-state index contributed by atoms with van der Waals surface area (Å²) in [7, 11) is 0. The largest absolute Gasteiger partial charge is 0.481 e. The lowest BCUT2D eigenvalue weighted by atomic mass is 9.62. The van der Waals surface area contributed by atoms with Crippen LogP contribution in [0.1, 0.15) is 23.5 Å². The van der Waals surface area contributed by atoms with Gasteiger partial charge in [-0.2, -0.15) is 0 Å². The summed E-state index contributed by atoms with van der Waals surface area (Å²) < 4.78 is 5.68. The highest BCUT2D eigenvalue weighted by molar-refractivity contribution is 5.79. The van der Waals surface area contributed by atoms with Crippen LogP contribution in [0.3, 0.4) is 0 Å². The molecule has 0 aromatic heterocycles. The molecule has 138 valence electrons. The zero-order chi connectivity index (χ0) is 18.5. The number of ether oxygens (including phenoxy) is 1. The van der Waals surface area contributed by atoms with E-state index in [0.29, 0.717) is 19.7 Å². The summed E-state index contributed by atoms with van der Waals surface area (Å²) in [5.74, 6) is -0.831. The van der Waals surface area contributed by atoms with E-state index in [9.17, 15) is 14.7 Å². The van der Waals surface area contributed by atoms with Crippen LogP contribution in [0.5, 0.6) is 0 Å². The average molecular weight is 363 g/mol. The van der Waals surface area contributed by atoms with Crippen LogP contribution >= 0.6 is 0 Å². The molecular weight excluding hydrogens is 342 g/mol. The third kappa shape index (κ3) is 2.52. The van der Waals surface area contributed by atoms with Gasteiger partial charge in [-0.3, -0.25) is 4.79 Å². The van der Waals surface area contributed by atoms with Crippen molar-refractivity contribution in [2.45, 2.75) is 12.3 Å². The Morgan fingerprint density at radius 2 is 1.52 bits per heavy atom. The van der Waals surface area contributed by atoms with Crippen LogP contribution in [0.4, 0.5) is 4.79 Å². The summed E-state index contributed by atoms with van der Waals surface area (Å²) in [5.41, 5.74) is 4.80. The van der Waals surface area contributed by atoms with Crippen molar-refractivity contribution in [2.24, 2.45) is 17.8 Å². The first kappa shape index (κ1) is 16.4. The molecule has 4 aliphatic rings. The number of rotatable bonds is 3. The second-order valence-corrected chi connectivity index (χ2v) is 7.83. The number of carboxylic acids is 1. The van der Waals surface area contributed by atoms with Crippen LogP contribution in [0.2, 0.25) is 0 Å². The molecule has 0 spiro atoms. The van der Waals surface area contributed by atoms with E-state index in [1.807, 2.05) is 24.3 Å². The van der Waals surface area contributed by atoms with Crippen molar-refractivity contribution in [3.05, 3.63) is 59.7 Å². The standard InChI is InChI=1S/C22H21NO4/c24-21(25)20-13-9-14(20)11-23(10-13)22(26)27-12-19-17-7-3-1-5-15(17)16-6-2-4-8-18(16)19/h1-8,13-14,19-20H,9-12H2,(H,24,25)/t13-,14+,20?. The molecule has 2 heterocycles. The molecule has 1 amide bonds. The first-order chi connectivity index (χ1) is 13.1. The molecule has 6 rings (SSSR count). The number of benzene rings is 2. The van der Waals surface area contributed by atoms with Gasteiger partial charge in [0.2, 0.25) is 0 Å². The normalized spacial score (nSPS) is 25.3. The maximum absolute atomic E-state index is 12.6. The lowest BCUT2D eigenvalue weighted by Crippen LogP contribution is -2.59. The molecule has 3 fully saturated rings. The van der Waals surface area contributed by atoms with E-state index in [1.54, 1.807) is 4.90 Å². The summed E-state index contributed by atoms with van der Waals surface area (Å²) in [5, 5.41) is 9.26. The minimum absolute atomic E-state index is 0.0486. The number of piperidine rings is 2. The number of carbonyl (C=O) groups excluding carboxylic acids is 1. The highest BCUT2D eigenvalue weighted by Crippen LogP contribution is 2.46. The molecule has 5 heteroatoms. The van der Waals surface area contributed by atoms with E-state index in [1.165, 1.54) is 22.3 Å². The van der Waals surface area contributed by atoms with Gasteiger partial charge >= 0.3 is 12.1 Å². The Hall–Kier alpha value is -2.82. The summed E-state index contributed by atoms with van der Waals surface area (Å²) in [6, 6.07) is 16.5. The Kier molecular flexibility index (Phi) is 3.71. The second kappa shape index (κ2) is 6.12. The van der Waals surface area contributed by atoms with Gasteiger partial charge in [0.1, 0.15) is 6.61 Å². The van der Waals surface area contributed by atoms with Gasteiger partial charge in [0.05, 0.1) is 5.92 Å². The zero-order valence-electron chi connectivity index (χ0n) is 14.9. The van der Waals surface area contributed by atoms with Gasteiger partial charge in [-0.25, -0.2) is 4.79 Å². The van der Waals surface area contributed by atoms with Crippen molar-refractivity contribution < 1.29 is 19.4 Å². The Morgan fingerprint density at radius 1 is 0.963 bits per heavy atom. The fourth-order valence-corrected chi connectivity index (χ4v) is 5.13. The fraction of sp³-hybridized carbons (Fsp3) is 0.364. The van der Waals surface area contributed by atoms with Crippen molar-refractivity contribution in [1.29, 1.82) is 0 Å². The smallest absolute Gasteiger partial charge is 0.409 e. The highest BCUT2D eigenvalue weighted by atomic mass is 16.6. The number of amides is 1. The molecule has 2 aliphatic heterocycles. The van der Waals surface area contributed by atoms with Gasteiger partial charge < -0.3 is 14.7 Å². The maximum atomic E-state index is 12.6. The first-order valence-electron chi connectivity index (χ1n) is 9.46. The monoisotopic (exact) mass is 363 g/mol. The molecule has 2 aromatic carbocycles. The molecule has 1 saturated carbocycles. The summed E-state index contributed by atoms with van der Waals surface area (Å²) >= 11 is 0. The van der Waals surface area contributed by atoms with Gasteiger partial charge in [-0.1, -0.05) is 48.5 Å². The van der Waals surface area contributed by atoms with E-state index in [4.69, 9.17) is 4.74 Å². The molecule has 2 bridgehead atoms.